The summed E-state index contributed by atoms with van der Waals surface area (Å²) >= 11 is 9.63. The predicted molar refractivity (Wildman–Crippen MR) is 107 cm³/mol. The second-order valence-electron chi connectivity index (χ2n) is 6.40. The summed E-state index contributed by atoms with van der Waals surface area (Å²) in [5, 5.41) is 3.53. The molecule has 0 amide bonds. The van der Waals surface area contributed by atoms with Crippen LogP contribution in [0.3, 0.4) is 0 Å². The first kappa shape index (κ1) is 18.1. The zero-order valence-corrected chi connectivity index (χ0v) is 17.1. The largest absolute Gasteiger partial charge is 0.378 e. The van der Waals surface area contributed by atoms with E-state index < -0.39 is 0 Å². The summed E-state index contributed by atoms with van der Waals surface area (Å²) in [4.78, 5) is 19.2. The van der Waals surface area contributed by atoms with Gasteiger partial charge in [0.2, 0.25) is 5.28 Å². The summed E-state index contributed by atoms with van der Waals surface area (Å²) in [5.41, 5.74) is 2.00. The van der Waals surface area contributed by atoms with Crippen LogP contribution >= 0.6 is 34.3 Å². The van der Waals surface area contributed by atoms with Crippen LogP contribution in [0.4, 0.5) is 5.82 Å². The molecule has 0 aliphatic carbocycles. The summed E-state index contributed by atoms with van der Waals surface area (Å²) in [6.07, 6.45) is 0. The highest BCUT2D eigenvalue weighted by Gasteiger charge is 2.19. The van der Waals surface area contributed by atoms with Crippen LogP contribution in [0.1, 0.15) is 15.6 Å². The van der Waals surface area contributed by atoms with Crippen LogP contribution in [-0.2, 0) is 17.8 Å². The van der Waals surface area contributed by atoms with Crippen LogP contribution in [0.15, 0.2) is 11.4 Å². The Hall–Kier alpha value is -1.32. The van der Waals surface area contributed by atoms with Gasteiger partial charge >= 0.3 is 0 Å². The molecule has 1 aliphatic heterocycles. The highest BCUT2D eigenvalue weighted by Crippen LogP contribution is 2.34. The molecule has 3 aromatic rings. The molecule has 138 valence electrons. The van der Waals surface area contributed by atoms with E-state index in [1.165, 1.54) is 4.88 Å². The predicted octanol–water partition coefficient (Wildman–Crippen LogP) is 3.58. The van der Waals surface area contributed by atoms with Gasteiger partial charge < -0.3 is 9.64 Å². The Morgan fingerprint density at radius 2 is 2.04 bits per heavy atom. The third-order valence-corrected chi connectivity index (χ3v) is 6.41. The first-order valence-corrected chi connectivity index (χ1v) is 10.5. The van der Waals surface area contributed by atoms with Gasteiger partial charge in [0.15, 0.2) is 5.82 Å². The van der Waals surface area contributed by atoms with Crippen molar-refractivity contribution in [2.45, 2.75) is 20.0 Å². The number of hydrogen-bond acceptors (Lipinski definition) is 8. The van der Waals surface area contributed by atoms with E-state index in [9.17, 15) is 0 Å². The van der Waals surface area contributed by atoms with Gasteiger partial charge in [0, 0.05) is 35.6 Å². The quantitative estimate of drug-likeness (QED) is 0.600. The monoisotopic (exact) mass is 409 g/mol. The van der Waals surface area contributed by atoms with Gasteiger partial charge in [-0.25, -0.2) is 9.97 Å². The minimum atomic E-state index is 0.301. The molecule has 26 heavy (non-hydrogen) atoms. The fourth-order valence-electron chi connectivity index (χ4n) is 3.03. The lowest BCUT2D eigenvalue weighted by Gasteiger charge is -2.28. The van der Waals surface area contributed by atoms with Crippen molar-refractivity contribution in [3.8, 4) is 0 Å². The van der Waals surface area contributed by atoms with Crippen LogP contribution in [-0.4, -0.2) is 53.2 Å². The molecule has 3 aromatic heterocycles. The van der Waals surface area contributed by atoms with Crippen molar-refractivity contribution in [3.05, 3.63) is 32.3 Å². The molecule has 6 nitrogen and oxygen atoms in total. The second kappa shape index (κ2) is 7.74. The fraction of sp³-hybridized carbons (Fsp3) is 0.471. The molecule has 1 aliphatic rings. The first-order valence-electron chi connectivity index (χ1n) is 8.46. The minimum Gasteiger partial charge on any atom is -0.378 e. The zero-order valence-electron chi connectivity index (χ0n) is 14.7. The molecule has 0 aromatic carbocycles. The number of thiazole rings is 1. The van der Waals surface area contributed by atoms with E-state index in [1.807, 2.05) is 6.92 Å². The lowest BCUT2D eigenvalue weighted by atomic mass is 10.3. The number of aromatic nitrogens is 3. The van der Waals surface area contributed by atoms with Crippen LogP contribution < -0.4 is 4.90 Å². The Morgan fingerprint density at radius 1 is 1.23 bits per heavy atom. The average Bonchev–Trinajstić information content (AvgIpc) is 3.20. The van der Waals surface area contributed by atoms with Gasteiger partial charge in [-0.05, 0) is 31.6 Å². The maximum Gasteiger partial charge on any atom is 0.224 e. The number of halogens is 1. The van der Waals surface area contributed by atoms with Crippen molar-refractivity contribution >= 4 is 50.3 Å². The summed E-state index contributed by atoms with van der Waals surface area (Å²) in [6, 6.07) is 2.13. The molecule has 4 heterocycles. The number of thiophene rings is 1. The van der Waals surface area contributed by atoms with Gasteiger partial charge in [0.05, 0.1) is 30.0 Å². The lowest BCUT2D eigenvalue weighted by molar-refractivity contribution is 0.122. The molecule has 0 unspecified atom stereocenters. The minimum absolute atomic E-state index is 0.301. The highest BCUT2D eigenvalue weighted by molar-refractivity contribution is 7.19. The van der Waals surface area contributed by atoms with Gasteiger partial charge in [-0.1, -0.05) is 0 Å². The van der Waals surface area contributed by atoms with Crippen LogP contribution in [0.2, 0.25) is 5.28 Å². The molecular weight excluding hydrogens is 390 g/mol. The molecule has 4 rings (SSSR count). The van der Waals surface area contributed by atoms with Gasteiger partial charge in [-0.2, -0.15) is 4.98 Å². The van der Waals surface area contributed by atoms with Gasteiger partial charge in [-0.15, -0.1) is 22.7 Å². The summed E-state index contributed by atoms with van der Waals surface area (Å²) in [7, 11) is 2.11. The number of nitrogens with zero attached hydrogens (tertiary/aromatic N) is 5. The van der Waals surface area contributed by atoms with E-state index in [2.05, 4.69) is 43.2 Å². The Morgan fingerprint density at radius 3 is 2.77 bits per heavy atom. The molecule has 0 saturated carbocycles. The average molecular weight is 410 g/mol. The molecule has 0 atom stereocenters. The molecule has 9 heteroatoms. The van der Waals surface area contributed by atoms with E-state index in [-0.39, 0.29) is 0 Å². The Kier molecular flexibility index (Phi) is 5.37. The summed E-state index contributed by atoms with van der Waals surface area (Å²) in [6.45, 7) is 6.82. The maximum atomic E-state index is 6.17. The van der Waals surface area contributed by atoms with Gasteiger partial charge in [-0.3, -0.25) is 4.90 Å². The molecule has 0 bridgehead atoms. The number of morpholine rings is 1. The van der Waals surface area contributed by atoms with Crippen molar-refractivity contribution in [3.63, 3.8) is 0 Å². The maximum absolute atomic E-state index is 6.17. The van der Waals surface area contributed by atoms with Crippen molar-refractivity contribution < 1.29 is 4.74 Å². The summed E-state index contributed by atoms with van der Waals surface area (Å²) < 4.78 is 6.56. The topological polar surface area (TPSA) is 54.4 Å². The Labute approximate surface area is 165 Å². The molecule has 0 N–H and O–H groups in total. The van der Waals surface area contributed by atoms with Crippen LogP contribution in [0, 0.1) is 6.92 Å². The van der Waals surface area contributed by atoms with Crippen molar-refractivity contribution in [2.75, 3.05) is 38.3 Å². The number of aryl methyl sites for hydroxylation is 1. The third kappa shape index (κ3) is 3.99. The SMILES string of the molecule is Cc1csc(CN(C)Cc2cc3nc(Cl)nc(N4CCOCC4)c3s2)n1. The van der Waals surface area contributed by atoms with E-state index >= 15 is 0 Å². The molecular formula is C17H20ClN5OS2. The number of fused-ring (bicyclic) bond motifs is 1. The third-order valence-electron chi connectivity index (χ3n) is 4.19. The van der Waals surface area contributed by atoms with E-state index in [0.29, 0.717) is 5.28 Å². The zero-order chi connectivity index (χ0) is 18.1. The van der Waals surface area contributed by atoms with Gasteiger partial charge in [0.25, 0.3) is 0 Å². The first-order chi connectivity index (χ1) is 12.6. The standard InChI is InChI=1S/C17H20ClN5OS2/c1-11-10-25-14(19-11)9-22(2)8-12-7-13-15(26-12)16(21-17(18)20-13)23-3-5-24-6-4-23/h7,10H,3-6,8-9H2,1-2H3. The van der Waals surface area contributed by atoms with Crippen LogP contribution in [0.5, 0.6) is 0 Å². The summed E-state index contributed by atoms with van der Waals surface area (Å²) in [5.74, 6) is 0.928. The molecule has 0 radical (unpaired) electrons. The highest BCUT2D eigenvalue weighted by atomic mass is 35.5. The van der Waals surface area contributed by atoms with Crippen molar-refractivity contribution in [1.29, 1.82) is 0 Å². The van der Waals surface area contributed by atoms with E-state index in [1.54, 1.807) is 22.7 Å². The van der Waals surface area contributed by atoms with Gasteiger partial charge in [0.1, 0.15) is 5.01 Å². The van der Waals surface area contributed by atoms with E-state index in [4.69, 9.17) is 16.3 Å². The lowest BCUT2D eigenvalue weighted by Crippen LogP contribution is -2.36. The smallest absolute Gasteiger partial charge is 0.224 e. The molecule has 1 fully saturated rings. The normalized spacial score (nSPS) is 15.3. The molecule has 0 spiro atoms. The Bertz CT molecular complexity index is 906. The number of hydrogen-bond donors (Lipinski definition) is 0. The van der Waals surface area contributed by atoms with E-state index in [0.717, 1.165) is 66.1 Å². The van der Waals surface area contributed by atoms with Crippen molar-refractivity contribution in [2.24, 2.45) is 0 Å². The second-order valence-corrected chi connectivity index (χ2v) is 8.82. The number of ether oxygens (including phenoxy) is 1. The fourth-order valence-corrected chi connectivity index (χ4v) is 5.25. The van der Waals surface area contributed by atoms with Crippen molar-refractivity contribution in [1.82, 2.24) is 19.9 Å². The number of anilines is 1. The van der Waals surface area contributed by atoms with Crippen LogP contribution in [0.25, 0.3) is 10.2 Å². The number of rotatable bonds is 5. The molecule has 1 saturated heterocycles. The Balaban J connectivity index is 1.56.